The van der Waals surface area contributed by atoms with E-state index in [2.05, 4.69) is 0 Å². The van der Waals surface area contributed by atoms with Gasteiger partial charge in [-0.25, -0.2) is 0 Å². The molecule has 2 aromatic carbocycles. The lowest BCUT2D eigenvalue weighted by Crippen LogP contribution is -2.03. The first-order valence-electron chi connectivity index (χ1n) is 5.50. The van der Waals surface area contributed by atoms with E-state index in [1.807, 2.05) is 36.4 Å². The highest BCUT2D eigenvalue weighted by atomic mass is 31.1. The summed E-state index contributed by atoms with van der Waals surface area (Å²) in [5.41, 5.74) is 1.81. The van der Waals surface area contributed by atoms with Crippen LogP contribution >= 0.6 is 8.46 Å². The minimum atomic E-state index is -0.556. The minimum Gasteiger partial charge on any atom is -0.496 e. The summed E-state index contributed by atoms with van der Waals surface area (Å²) < 4.78 is 22.0. The molecule has 1 atom stereocenters. The summed E-state index contributed by atoms with van der Waals surface area (Å²) in [5.74, 6) is 1.31. The molecule has 2 aromatic rings. The number of rotatable bonds is 4. The average Bonchev–Trinajstić information content (AvgIpc) is 2.46. The fourth-order valence-corrected chi connectivity index (χ4v) is 2.38. The van der Waals surface area contributed by atoms with Gasteiger partial charge in [0, 0.05) is 0 Å². The third kappa shape index (κ3) is 2.22. The fourth-order valence-electron chi connectivity index (χ4n) is 1.91. The normalized spacial score (nSPS) is 10.3. The van der Waals surface area contributed by atoms with Gasteiger partial charge in [0.1, 0.15) is 5.75 Å². The molecule has 0 saturated heterocycles. The van der Waals surface area contributed by atoms with Gasteiger partial charge in [-0.3, -0.25) is 0 Å². The van der Waals surface area contributed by atoms with Crippen molar-refractivity contribution in [3.8, 4) is 22.6 Å². The molecule has 0 amide bonds. The number of methoxy groups -OCH3 is 2. The average molecular weight is 261 g/mol. The molecule has 0 spiro atoms. The molecule has 0 radical (unpaired) electrons. The van der Waals surface area contributed by atoms with Gasteiger partial charge in [0.05, 0.1) is 19.8 Å². The van der Waals surface area contributed by atoms with E-state index in [9.17, 15) is 4.57 Å². The van der Waals surface area contributed by atoms with E-state index in [1.54, 1.807) is 20.3 Å². The minimum absolute atomic E-state index is 0.556. The molecule has 0 fully saturated rings. The van der Waals surface area contributed by atoms with Crippen LogP contribution in [0.25, 0.3) is 11.1 Å². The van der Waals surface area contributed by atoms with Gasteiger partial charge in [0.2, 0.25) is 5.30 Å². The summed E-state index contributed by atoms with van der Waals surface area (Å²) in [4.78, 5) is 0. The molecular weight excluding hydrogens is 247 g/mol. The van der Waals surface area contributed by atoms with Gasteiger partial charge in [0.15, 0.2) is 5.75 Å². The van der Waals surface area contributed by atoms with Gasteiger partial charge in [0.25, 0.3) is 0 Å². The molecule has 3 nitrogen and oxygen atoms in total. The topological polar surface area (TPSA) is 35.5 Å². The van der Waals surface area contributed by atoms with E-state index in [0.717, 1.165) is 11.1 Å². The lowest BCUT2D eigenvalue weighted by molar-refractivity contribution is 0.399. The first-order chi connectivity index (χ1) is 8.81. The smallest absolute Gasteiger partial charge is 0.367 e. The molecule has 0 bridgehead atoms. The summed E-state index contributed by atoms with van der Waals surface area (Å²) >= 11 is 0. The second-order valence-electron chi connectivity index (χ2n) is 3.69. The van der Waals surface area contributed by atoms with Crippen molar-refractivity contribution in [2.45, 2.75) is 0 Å². The Labute approximate surface area is 108 Å². The molecular formula is C14H14O3P+. The van der Waals surface area contributed by atoms with E-state index < -0.39 is 8.46 Å². The van der Waals surface area contributed by atoms with Gasteiger partial charge < -0.3 is 9.47 Å². The summed E-state index contributed by atoms with van der Waals surface area (Å²) in [6.07, 6.45) is 0. The third-order valence-corrected chi connectivity index (χ3v) is 3.33. The summed E-state index contributed by atoms with van der Waals surface area (Å²) in [5, 5.41) is 0.664. The van der Waals surface area contributed by atoms with Gasteiger partial charge >= 0.3 is 8.46 Å². The largest absolute Gasteiger partial charge is 0.496 e. The Hall–Kier alpha value is -1.86. The Morgan fingerprint density at radius 3 is 2.22 bits per heavy atom. The van der Waals surface area contributed by atoms with Gasteiger partial charge in [-0.2, -0.15) is 0 Å². The molecule has 2 rings (SSSR count). The number of hydrogen-bond donors (Lipinski definition) is 0. The van der Waals surface area contributed by atoms with E-state index in [0.29, 0.717) is 16.8 Å². The second-order valence-corrected chi connectivity index (χ2v) is 4.43. The summed E-state index contributed by atoms with van der Waals surface area (Å²) in [6.45, 7) is 0. The molecule has 18 heavy (non-hydrogen) atoms. The summed E-state index contributed by atoms with van der Waals surface area (Å²) in [6, 6.07) is 13.3. The van der Waals surface area contributed by atoms with E-state index in [-0.39, 0.29) is 0 Å². The number of hydrogen-bond acceptors (Lipinski definition) is 3. The van der Waals surface area contributed by atoms with Crippen molar-refractivity contribution >= 4 is 13.8 Å². The Balaban J connectivity index is 2.73. The first kappa shape index (κ1) is 12.6. The van der Waals surface area contributed by atoms with Crippen molar-refractivity contribution in [2.75, 3.05) is 14.2 Å². The standard InChI is InChI=1S/C14H13O3P/c1-16-11-8-9-12(18-15)14(17-2)13(11)10-6-4-3-5-7-10/h3-9H,1-2H3/p+1. The van der Waals surface area contributed by atoms with Crippen LogP contribution in [0.1, 0.15) is 0 Å². The zero-order chi connectivity index (χ0) is 13.0. The molecule has 0 N–H and O–H groups in total. The van der Waals surface area contributed by atoms with Crippen LogP contribution in [0.2, 0.25) is 0 Å². The molecule has 92 valence electrons. The Morgan fingerprint density at radius 2 is 1.67 bits per heavy atom. The molecule has 1 unspecified atom stereocenters. The quantitative estimate of drug-likeness (QED) is 0.793. The highest BCUT2D eigenvalue weighted by Gasteiger charge is 2.20. The molecule has 0 aromatic heterocycles. The van der Waals surface area contributed by atoms with Crippen LogP contribution in [-0.2, 0) is 4.57 Å². The van der Waals surface area contributed by atoms with Gasteiger partial charge in [-0.1, -0.05) is 34.9 Å². The van der Waals surface area contributed by atoms with Crippen LogP contribution in [0.3, 0.4) is 0 Å². The Bertz CT molecular complexity index is 552. The van der Waals surface area contributed by atoms with E-state index >= 15 is 0 Å². The van der Waals surface area contributed by atoms with Crippen LogP contribution in [0.5, 0.6) is 11.5 Å². The highest BCUT2D eigenvalue weighted by Crippen LogP contribution is 2.38. The van der Waals surface area contributed by atoms with Crippen molar-refractivity contribution < 1.29 is 14.0 Å². The zero-order valence-corrected chi connectivity index (χ0v) is 11.3. The predicted octanol–water partition coefficient (Wildman–Crippen LogP) is 3.02. The van der Waals surface area contributed by atoms with Crippen LogP contribution in [0, 0.1) is 0 Å². The molecule has 0 heterocycles. The fraction of sp³-hybridized carbons (Fsp3) is 0.143. The van der Waals surface area contributed by atoms with Gasteiger partial charge in [-0.05, 0) is 17.7 Å². The highest BCUT2D eigenvalue weighted by molar-refractivity contribution is 7.34. The maximum Gasteiger partial charge on any atom is 0.367 e. The first-order valence-corrected chi connectivity index (χ1v) is 6.41. The SMILES string of the molecule is COc1ccc([PH+]=O)c(OC)c1-c1ccccc1. The zero-order valence-electron chi connectivity index (χ0n) is 10.3. The number of benzene rings is 2. The maximum absolute atomic E-state index is 11.2. The van der Waals surface area contributed by atoms with Crippen LogP contribution < -0.4 is 14.8 Å². The van der Waals surface area contributed by atoms with Crippen molar-refractivity contribution in [1.82, 2.24) is 0 Å². The molecule has 0 aliphatic heterocycles. The lowest BCUT2D eigenvalue weighted by Gasteiger charge is -2.12. The van der Waals surface area contributed by atoms with Crippen molar-refractivity contribution in [3.05, 3.63) is 42.5 Å². The lowest BCUT2D eigenvalue weighted by atomic mass is 10.0. The summed E-state index contributed by atoms with van der Waals surface area (Å²) in [7, 11) is 2.63. The monoisotopic (exact) mass is 261 g/mol. The van der Waals surface area contributed by atoms with E-state index in [4.69, 9.17) is 9.47 Å². The Morgan fingerprint density at radius 1 is 0.944 bits per heavy atom. The van der Waals surface area contributed by atoms with Crippen molar-refractivity contribution in [1.29, 1.82) is 0 Å². The second kappa shape index (κ2) is 5.65. The van der Waals surface area contributed by atoms with Crippen molar-refractivity contribution in [2.24, 2.45) is 0 Å². The molecule has 0 aliphatic rings. The molecule has 0 aliphatic carbocycles. The predicted molar refractivity (Wildman–Crippen MR) is 73.6 cm³/mol. The van der Waals surface area contributed by atoms with Crippen LogP contribution in [0.15, 0.2) is 42.5 Å². The maximum atomic E-state index is 11.2. The van der Waals surface area contributed by atoms with Crippen LogP contribution in [-0.4, -0.2) is 14.2 Å². The number of ether oxygens (including phenoxy) is 2. The third-order valence-electron chi connectivity index (χ3n) is 2.72. The molecule has 0 saturated carbocycles. The van der Waals surface area contributed by atoms with E-state index in [1.165, 1.54) is 0 Å². The van der Waals surface area contributed by atoms with Gasteiger partial charge in [-0.15, -0.1) is 0 Å². The Kier molecular flexibility index (Phi) is 3.96. The van der Waals surface area contributed by atoms with Crippen LogP contribution in [0.4, 0.5) is 0 Å². The van der Waals surface area contributed by atoms with Crippen molar-refractivity contribution in [3.63, 3.8) is 0 Å². The molecule has 4 heteroatoms.